The van der Waals surface area contributed by atoms with Gasteiger partial charge in [-0.3, -0.25) is 4.90 Å². The minimum Gasteiger partial charge on any atom is -0.376 e. The van der Waals surface area contributed by atoms with Crippen LogP contribution in [-0.2, 0) is 23.0 Å². The highest BCUT2D eigenvalue weighted by Crippen LogP contribution is 2.40. The Balaban J connectivity index is 1.68. The molecule has 2 aliphatic rings. The fourth-order valence-corrected chi connectivity index (χ4v) is 4.76. The number of benzene rings is 2. The number of rotatable bonds is 5. The van der Waals surface area contributed by atoms with Crippen molar-refractivity contribution in [2.75, 3.05) is 13.1 Å². The van der Waals surface area contributed by atoms with E-state index in [1.165, 1.54) is 12.1 Å². The molecule has 8 heteroatoms. The van der Waals surface area contributed by atoms with Crippen LogP contribution in [0.5, 0.6) is 5.75 Å². The van der Waals surface area contributed by atoms with Gasteiger partial charge in [0, 0.05) is 12.0 Å². The summed E-state index contributed by atoms with van der Waals surface area (Å²) in [5.74, 6) is -0.220. The first-order chi connectivity index (χ1) is 13.7. The van der Waals surface area contributed by atoms with Gasteiger partial charge in [0.25, 0.3) is 0 Å². The molecule has 2 aromatic rings. The van der Waals surface area contributed by atoms with Crippen molar-refractivity contribution in [1.29, 1.82) is 0 Å². The molecule has 2 aromatic carbocycles. The molecular formula is C21H22F3NO3S. The van der Waals surface area contributed by atoms with Crippen molar-refractivity contribution in [3.05, 3.63) is 65.2 Å². The summed E-state index contributed by atoms with van der Waals surface area (Å²) in [6.07, 6.45) is 3.68. The lowest BCUT2D eigenvalue weighted by Crippen LogP contribution is -2.49. The van der Waals surface area contributed by atoms with Crippen molar-refractivity contribution in [2.45, 2.75) is 43.2 Å². The van der Waals surface area contributed by atoms with Crippen LogP contribution in [0.25, 0.3) is 0 Å². The molecule has 4 rings (SSSR count). The third-order valence-corrected chi connectivity index (χ3v) is 6.82. The van der Waals surface area contributed by atoms with E-state index in [-0.39, 0.29) is 17.7 Å². The third-order valence-electron chi connectivity index (χ3n) is 5.84. The van der Waals surface area contributed by atoms with Gasteiger partial charge >= 0.3 is 15.6 Å². The Kier molecular flexibility index (Phi) is 5.33. The molecule has 0 aromatic heterocycles. The summed E-state index contributed by atoms with van der Waals surface area (Å²) in [5, 5.41) is 0. The number of likely N-dealkylation sites (tertiary alicyclic amines) is 1. The average Bonchev–Trinajstić information content (AvgIpc) is 2.62. The van der Waals surface area contributed by atoms with E-state index in [1.807, 2.05) is 30.3 Å². The quantitative estimate of drug-likeness (QED) is 0.531. The first-order valence-corrected chi connectivity index (χ1v) is 11.1. The number of nitrogens with zero attached hydrogens (tertiary/aromatic N) is 1. The van der Waals surface area contributed by atoms with Crippen LogP contribution in [0.15, 0.2) is 48.5 Å². The maximum absolute atomic E-state index is 12.7. The SMILES string of the molecule is O=S(=O)(Oc1ccc2c(c1)C(Cc1ccccc1)C(N1CCC1)CC2)C(F)(F)F. The van der Waals surface area contributed by atoms with Gasteiger partial charge in [-0.05, 0) is 67.6 Å². The van der Waals surface area contributed by atoms with Crippen molar-refractivity contribution in [2.24, 2.45) is 0 Å². The van der Waals surface area contributed by atoms with E-state index in [1.54, 1.807) is 6.07 Å². The highest BCUT2D eigenvalue weighted by molar-refractivity contribution is 7.88. The molecule has 0 spiro atoms. The van der Waals surface area contributed by atoms with Crippen molar-refractivity contribution in [1.82, 2.24) is 4.90 Å². The first kappa shape index (κ1) is 20.2. The molecule has 1 aliphatic carbocycles. The topological polar surface area (TPSA) is 46.6 Å². The number of aryl methyl sites for hydroxylation is 1. The molecule has 0 N–H and O–H groups in total. The number of hydrogen-bond donors (Lipinski definition) is 0. The normalized spacial score (nSPS) is 22.6. The van der Waals surface area contributed by atoms with Crippen molar-refractivity contribution in [3.8, 4) is 5.75 Å². The summed E-state index contributed by atoms with van der Waals surface area (Å²) in [6.45, 7) is 2.04. The highest BCUT2D eigenvalue weighted by atomic mass is 32.2. The molecule has 0 saturated carbocycles. The van der Waals surface area contributed by atoms with Crippen molar-refractivity contribution < 1.29 is 25.8 Å². The Labute approximate surface area is 168 Å². The minimum atomic E-state index is -5.69. The van der Waals surface area contributed by atoms with Crippen LogP contribution in [0.3, 0.4) is 0 Å². The molecule has 2 unspecified atom stereocenters. The van der Waals surface area contributed by atoms with Gasteiger partial charge in [0.2, 0.25) is 0 Å². The van der Waals surface area contributed by atoms with Gasteiger partial charge in [0.05, 0.1) is 0 Å². The summed E-state index contributed by atoms with van der Waals surface area (Å²) in [4.78, 5) is 2.41. The molecule has 2 atom stereocenters. The fraction of sp³-hybridized carbons (Fsp3) is 0.429. The summed E-state index contributed by atoms with van der Waals surface area (Å²) >= 11 is 0. The summed E-state index contributed by atoms with van der Waals surface area (Å²) in [6, 6.07) is 14.7. The van der Waals surface area contributed by atoms with Crippen LogP contribution in [0.2, 0.25) is 0 Å². The van der Waals surface area contributed by atoms with E-state index in [2.05, 4.69) is 9.08 Å². The van der Waals surface area contributed by atoms with E-state index < -0.39 is 15.6 Å². The monoisotopic (exact) mass is 425 g/mol. The predicted molar refractivity (Wildman–Crippen MR) is 103 cm³/mol. The number of hydrogen-bond acceptors (Lipinski definition) is 4. The van der Waals surface area contributed by atoms with Crippen molar-refractivity contribution in [3.63, 3.8) is 0 Å². The van der Waals surface area contributed by atoms with Crippen LogP contribution in [0.1, 0.15) is 35.4 Å². The molecule has 29 heavy (non-hydrogen) atoms. The second-order valence-electron chi connectivity index (χ2n) is 7.64. The van der Waals surface area contributed by atoms with Gasteiger partial charge < -0.3 is 4.18 Å². The molecule has 0 bridgehead atoms. The van der Waals surface area contributed by atoms with Gasteiger partial charge in [-0.25, -0.2) is 0 Å². The first-order valence-electron chi connectivity index (χ1n) is 9.66. The lowest BCUT2D eigenvalue weighted by atomic mass is 9.75. The van der Waals surface area contributed by atoms with E-state index in [0.29, 0.717) is 0 Å². The molecule has 1 aliphatic heterocycles. The van der Waals surface area contributed by atoms with Crippen LogP contribution in [0, 0.1) is 0 Å². The predicted octanol–water partition coefficient (Wildman–Crippen LogP) is 4.26. The number of halogens is 3. The molecule has 1 heterocycles. The van der Waals surface area contributed by atoms with Gasteiger partial charge in [-0.1, -0.05) is 36.4 Å². The van der Waals surface area contributed by atoms with Crippen LogP contribution < -0.4 is 4.18 Å². The van der Waals surface area contributed by atoms with Crippen LogP contribution >= 0.6 is 0 Å². The van der Waals surface area contributed by atoms with Gasteiger partial charge in [0.1, 0.15) is 5.75 Å². The molecule has 0 radical (unpaired) electrons. The Bertz CT molecular complexity index is 972. The molecule has 1 saturated heterocycles. The van der Waals surface area contributed by atoms with Gasteiger partial charge in [-0.2, -0.15) is 21.6 Å². The van der Waals surface area contributed by atoms with Crippen LogP contribution in [0.4, 0.5) is 13.2 Å². The summed E-state index contributed by atoms with van der Waals surface area (Å²) in [5.41, 5.74) is -2.39. The molecule has 0 amide bonds. The van der Waals surface area contributed by atoms with Crippen LogP contribution in [-0.4, -0.2) is 38.0 Å². The van der Waals surface area contributed by atoms with E-state index in [0.717, 1.165) is 55.5 Å². The van der Waals surface area contributed by atoms with E-state index >= 15 is 0 Å². The minimum absolute atomic E-state index is 0.0681. The third kappa shape index (κ3) is 4.14. The van der Waals surface area contributed by atoms with E-state index in [4.69, 9.17) is 0 Å². The Morgan fingerprint density at radius 2 is 1.79 bits per heavy atom. The smallest absolute Gasteiger partial charge is 0.376 e. The van der Waals surface area contributed by atoms with Gasteiger partial charge in [-0.15, -0.1) is 0 Å². The maximum Gasteiger partial charge on any atom is 0.534 e. The number of fused-ring (bicyclic) bond motifs is 1. The zero-order valence-corrected chi connectivity index (χ0v) is 16.5. The Morgan fingerprint density at radius 1 is 1.07 bits per heavy atom. The zero-order valence-electron chi connectivity index (χ0n) is 15.7. The summed E-state index contributed by atoms with van der Waals surface area (Å²) in [7, 11) is -5.69. The largest absolute Gasteiger partial charge is 0.534 e. The Hall–Kier alpha value is -2.06. The zero-order chi connectivity index (χ0) is 20.6. The highest BCUT2D eigenvalue weighted by Gasteiger charge is 2.48. The molecule has 156 valence electrons. The average molecular weight is 425 g/mol. The number of alkyl halides is 3. The lowest BCUT2D eigenvalue weighted by Gasteiger charge is -2.45. The van der Waals surface area contributed by atoms with Crippen molar-refractivity contribution >= 4 is 10.1 Å². The van der Waals surface area contributed by atoms with Gasteiger partial charge in [0.15, 0.2) is 0 Å². The Morgan fingerprint density at radius 3 is 2.41 bits per heavy atom. The van der Waals surface area contributed by atoms with E-state index in [9.17, 15) is 21.6 Å². The second kappa shape index (κ2) is 7.65. The summed E-state index contributed by atoms with van der Waals surface area (Å²) < 4.78 is 65.4. The maximum atomic E-state index is 12.7. The lowest BCUT2D eigenvalue weighted by molar-refractivity contribution is -0.0500. The molecule has 4 nitrogen and oxygen atoms in total. The fourth-order valence-electron chi connectivity index (χ4n) is 4.31. The molecule has 1 fully saturated rings. The standard InChI is InChI=1S/C21H22F3NO3S/c22-21(23,24)29(26,27)28-17-9-7-16-8-10-20(25-11-4-12-25)19(18(16)14-17)13-15-5-2-1-3-6-15/h1-3,5-7,9,14,19-20H,4,8,10-13H2. The molecular weight excluding hydrogens is 403 g/mol. The second-order valence-corrected chi connectivity index (χ2v) is 9.17.